The van der Waals surface area contributed by atoms with E-state index in [-0.39, 0.29) is 0 Å². The highest BCUT2D eigenvalue weighted by molar-refractivity contribution is 5.32. The summed E-state index contributed by atoms with van der Waals surface area (Å²) in [7, 11) is -2.42. The van der Waals surface area contributed by atoms with Crippen molar-refractivity contribution in [1.29, 1.82) is 0 Å². The summed E-state index contributed by atoms with van der Waals surface area (Å²) in [6, 6.07) is 7.01. The summed E-state index contributed by atoms with van der Waals surface area (Å²) in [6.07, 6.45) is 0.933. The van der Waals surface area contributed by atoms with Crippen LogP contribution in [0.1, 0.15) is 23.0 Å². The lowest BCUT2D eigenvalue weighted by molar-refractivity contribution is 0.119. The van der Waals surface area contributed by atoms with Gasteiger partial charge in [0.1, 0.15) is 5.75 Å². The van der Waals surface area contributed by atoms with Crippen molar-refractivity contribution in [3.8, 4) is 5.75 Å². The lowest BCUT2D eigenvalue weighted by atomic mass is 10.2. The summed E-state index contributed by atoms with van der Waals surface area (Å²) in [5.41, 5.74) is 0.757. The van der Waals surface area contributed by atoms with Crippen LogP contribution in [0, 0.1) is 0 Å². The molecule has 0 amide bonds. The number of para-hydroxylation sites is 1. The zero-order chi connectivity index (χ0) is 12.0. The minimum atomic E-state index is -2.42. The van der Waals surface area contributed by atoms with E-state index < -0.39 is 7.04 Å². The monoisotopic (exact) mass is 183 g/mol. The van der Waals surface area contributed by atoms with Gasteiger partial charge in [0.25, 0.3) is 0 Å². The van der Waals surface area contributed by atoms with Crippen molar-refractivity contribution in [1.82, 2.24) is 0 Å². The molecule has 72 valence electrons. The fourth-order valence-corrected chi connectivity index (χ4v) is 1.05. The highest BCUT2D eigenvalue weighted by atomic mass is 16.5. The fourth-order valence-electron chi connectivity index (χ4n) is 1.05. The van der Waals surface area contributed by atoms with E-state index >= 15 is 0 Å². The largest absolute Gasteiger partial charge is 0.496 e. The third-order valence-electron chi connectivity index (χ3n) is 1.69. The zero-order valence-corrected chi connectivity index (χ0v) is 7.75. The van der Waals surface area contributed by atoms with E-state index in [1.165, 1.54) is 0 Å². The third kappa shape index (κ3) is 3.07. The summed E-state index contributed by atoms with van der Waals surface area (Å²) in [5.74, 6) is 0.360. The third-order valence-corrected chi connectivity index (χ3v) is 1.69. The number of methoxy groups -OCH3 is 1. The van der Waals surface area contributed by atoms with Crippen molar-refractivity contribution in [2.75, 3.05) is 13.6 Å². The Morgan fingerprint density at radius 1 is 1.38 bits per heavy atom. The molecule has 0 N–H and O–H groups in total. The van der Waals surface area contributed by atoms with Crippen molar-refractivity contribution < 1.29 is 13.6 Å². The van der Waals surface area contributed by atoms with Crippen molar-refractivity contribution in [2.45, 2.75) is 20.0 Å². The molecule has 2 heteroatoms. The van der Waals surface area contributed by atoms with Crippen LogP contribution in [0.25, 0.3) is 0 Å². The summed E-state index contributed by atoms with van der Waals surface area (Å²) in [4.78, 5) is 0. The number of hydrogen-bond acceptors (Lipinski definition) is 2. The van der Waals surface area contributed by atoms with Crippen LogP contribution in [-0.4, -0.2) is 13.6 Å². The van der Waals surface area contributed by atoms with Crippen LogP contribution < -0.4 is 4.74 Å². The Labute approximate surface area is 83.7 Å². The number of benzene rings is 1. The van der Waals surface area contributed by atoms with E-state index in [9.17, 15) is 0 Å². The Morgan fingerprint density at radius 3 is 3.00 bits per heavy atom. The lowest BCUT2D eigenvalue weighted by Crippen LogP contribution is -1.96. The number of ether oxygens (including phenoxy) is 2. The lowest BCUT2D eigenvalue weighted by Gasteiger charge is -2.07. The van der Waals surface area contributed by atoms with Crippen LogP contribution in [0.3, 0.4) is 0 Å². The van der Waals surface area contributed by atoms with Crippen LogP contribution in [0.2, 0.25) is 0 Å². The van der Waals surface area contributed by atoms with Gasteiger partial charge in [-0.05, 0) is 12.5 Å². The summed E-state index contributed by atoms with van der Waals surface area (Å²) in [5, 5.41) is 0. The Balaban J connectivity index is 2.68. The molecule has 0 radical (unpaired) electrons. The molecule has 0 aliphatic carbocycles. The van der Waals surface area contributed by atoms with Gasteiger partial charge < -0.3 is 9.47 Å². The van der Waals surface area contributed by atoms with E-state index in [0.717, 1.165) is 12.0 Å². The topological polar surface area (TPSA) is 18.5 Å². The SMILES string of the molecule is [2H]C([2H])([2H])Oc1ccccc1COCCC. The maximum atomic E-state index is 7.05. The molecule has 1 aromatic rings. The number of rotatable bonds is 5. The zero-order valence-electron chi connectivity index (χ0n) is 10.7. The molecular weight excluding hydrogens is 164 g/mol. The average molecular weight is 183 g/mol. The van der Waals surface area contributed by atoms with Gasteiger partial charge in [-0.25, -0.2) is 0 Å². The Morgan fingerprint density at radius 2 is 2.23 bits per heavy atom. The average Bonchev–Trinajstić information content (AvgIpc) is 2.19. The molecule has 0 saturated heterocycles. The van der Waals surface area contributed by atoms with Gasteiger partial charge >= 0.3 is 0 Å². The normalized spacial score (nSPS) is 14.4. The van der Waals surface area contributed by atoms with Crippen LogP contribution in [0.15, 0.2) is 24.3 Å². The first kappa shape index (κ1) is 6.44. The van der Waals surface area contributed by atoms with Gasteiger partial charge in [0.05, 0.1) is 17.8 Å². The first-order valence-corrected chi connectivity index (χ1v) is 4.37. The molecular formula is C11H16O2. The summed E-state index contributed by atoms with van der Waals surface area (Å²) >= 11 is 0. The standard InChI is InChI=1S/C11H16O2/c1-3-8-13-9-10-6-4-5-7-11(10)12-2/h4-7H,3,8-9H2,1-2H3/i2D3. The van der Waals surface area contributed by atoms with E-state index in [0.29, 0.717) is 19.0 Å². The molecule has 2 nitrogen and oxygen atoms in total. The predicted octanol–water partition coefficient (Wildman–Crippen LogP) is 2.62. The molecule has 0 saturated carbocycles. The summed E-state index contributed by atoms with van der Waals surface area (Å²) < 4.78 is 31.4. The quantitative estimate of drug-likeness (QED) is 0.653. The smallest absolute Gasteiger partial charge is 0.124 e. The highest BCUT2D eigenvalue weighted by Crippen LogP contribution is 2.17. The maximum absolute atomic E-state index is 7.05. The van der Waals surface area contributed by atoms with Crippen LogP contribution in [0.5, 0.6) is 5.75 Å². The second kappa shape index (κ2) is 5.60. The van der Waals surface area contributed by atoms with E-state index in [1.807, 2.05) is 13.0 Å². The second-order valence-electron chi connectivity index (χ2n) is 2.76. The first-order chi connectivity index (χ1) is 7.53. The van der Waals surface area contributed by atoms with E-state index in [1.54, 1.807) is 18.2 Å². The van der Waals surface area contributed by atoms with Crippen LogP contribution >= 0.6 is 0 Å². The molecule has 13 heavy (non-hydrogen) atoms. The Bertz CT molecular complexity index is 323. The van der Waals surface area contributed by atoms with Gasteiger partial charge in [-0.2, -0.15) is 0 Å². The number of hydrogen-bond donors (Lipinski definition) is 0. The fraction of sp³-hybridized carbons (Fsp3) is 0.455. The van der Waals surface area contributed by atoms with Crippen molar-refractivity contribution in [3.05, 3.63) is 29.8 Å². The molecule has 1 aromatic carbocycles. The second-order valence-corrected chi connectivity index (χ2v) is 2.76. The van der Waals surface area contributed by atoms with Crippen molar-refractivity contribution >= 4 is 0 Å². The van der Waals surface area contributed by atoms with E-state index in [4.69, 9.17) is 13.6 Å². The van der Waals surface area contributed by atoms with Gasteiger partial charge in [0, 0.05) is 12.2 Å². The maximum Gasteiger partial charge on any atom is 0.124 e. The molecule has 0 aromatic heterocycles. The van der Waals surface area contributed by atoms with Crippen LogP contribution in [-0.2, 0) is 11.3 Å². The van der Waals surface area contributed by atoms with Gasteiger partial charge in [-0.1, -0.05) is 25.1 Å². The van der Waals surface area contributed by atoms with Gasteiger partial charge in [-0.15, -0.1) is 0 Å². The minimum absolute atomic E-state index is 0.360. The van der Waals surface area contributed by atoms with Crippen LogP contribution in [0.4, 0.5) is 0 Å². The molecule has 0 aliphatic rings. The molecule has 0 unspecified atom stereocenters. The van der Waals surface area contributed by atoms with E-state index in [2.05, 4.69) is 0 Å². The molecule has 0 heterocycles. The Hall–Kier alpha value is -1.02. The molecule has 0 spiro atoms. The first-order valence-electron chi connectivity index (χ1n) is 5.87. The molecule has 1 rings (SSSR count). The molecule has 0 bridgehead atoms. The van der Waals surface area contributed by atoms with Crippen molar-refractivity contribution in [2.24, 2.45) is 0 Å². The van der Waals surface area contributed by atoms with Gasteiger partial charge in [0.2, 0.25) is 0 Å². The Kier molecular flexibility index (Phi) is 2.77. The highest BCUT2D eigenvalue weighted by Gasteiger charge is 1.99. The molecule has 0 fully saturated rings. The predicted molar refractivity (Wildman–Crippen MR) is 52.9 cm³/mol. The minimum Gasteiger partial charge on any atom is -0.496 e. The molecule has 0 atom stereocenters. The molecule has 0 aliphatic heterocycles. The van der Waals surface area contributed by atoms with Crippen molar-refractivity contribution in [3.63, 3.8) is 0 Å². The van der Waals surface area contributed by atoms with Gasteiger partial charge in [0.15, 0.2) is 0 Å². The van der Waals surface area contributed by atoms with Gasteiger partial charge in [-0.3, -0.25) is 0 Å². The summed E-state index contributed by atoms with van der Waals surface area (Å²) in [6.45, 7) is 3.05.